The summed E-state index contributed by atoms with van der Waals surface area (Å²) in [4.78, 5) is 23.1. The predicted molar refractivity (Wildman–Crippen MR) is 61.4 cm³/mol. The van der Waals surface area contributed by atoms with Gasteiger partial charge in [0.15, 0.2) is 9.84 Å². The van der Waals surface area contributed by atoms with Crippen LogP contribution in [-0.4, -0.2) is 26.1 Å². The van der Waals surface area contributed by atoms with Crippen LogP contribution in [0.3, 0.4) is 0 Å². The van der Waals surface area contributed by atoms with Crippen molar-refractivity contribution in [2.24, 2.45) is 0 Å². The summed E-state index contributed by atoms with van der Waals surface area (Å²) in [7, 11) is -3.56. The van der Waals surface area contributed by atoms with Crippen molar-refractivity contribution in [1.82, 2.24) is 10.6 Å². The van der Waals surface area contributed by atoms with Gasteiger partial charge in [-0.3, -0.25) is 10.1 Å². The lowest BCUT2D eigenvalue weighted by Crippen LogP contribution is -2.48. The van der Waals surface area contributed by atoms with E-state index in [0.29, 0.717) is 0 Å². The normalized spacial score (nSPS) is 27.8. The lowest BCUT2D eigenvalue weighted by atomic mass is 9.87. The van der Waals surface area contributed by atoms with Gasteiger partial charge in [0.05, 0.1) is 10.6 Å². The van der Waals surface area contributed by atoms with Crippen LogP contribution in [0.25, 0.3) is 0 Å². The number of rotatable bonds is 0. The smallest absolute Gasteiger partial charge is 0.319 e. The van der Waals surface area contributed by atoms with Crippen LogP contribution in [0.15, 0.2) is 23.1 Å². The molecule has 1 aromatic rings. The third kappa shape index (κ3) is 1.56. The molecule has 2 aliphatic heterocycles. The molecule has 3 amide bonds. The second-order valence-electron chi connectivity index (χ2n) is 4.52. The summed E-state index contributed by atoms with van der Waals surface area (Å²) in [5.41, 5.74) is -1.50. The van der Waals surface area contributed by atoms with Crippen LogP contribution in [0.1, 0.15) is 12.0 Å². The van der Waals surface area contributed by atoms with E-state index in [1.807, 2.05) is 0 Å². The molecule has 2 aliphatic rings. The van der Waals surface area contributed by atoms with E-state index in [1.54, 1.807) is 0 Å². The largest absolute Gasteiger partial charge is 0.322 e. The van der Waals surface area contributed by atoms with Gasteiger partial charge >= 0.3 is 6.03 Å². The Morgan fingerprint density at radius 1 is 1.26 bits per heavy atom. The number of fused-ring (bicyclic) bond motifs is 2. The Kier molecular flexibility index (Phi) is 2.25. The first-order chi connectivity index (χ1) is 8.85. The number of hydrogen-bond acceptors (Lipinski definition) is 4. The fourth-order valence-electron chi connectivity index (χ4n) is 2.50. The zero-order chi connectivity index (χ0) is 13.8. The Morgan fingerprint density at radius 2 is 2.00 bits per heavy atom. The van der Waals surface area contributed by atoms with Crippen molar-refractivity contribution in [2.75, 3.05) is 5.75 Å². The molecule has 0 bridgehead atoms. The molecule has 0 unspecified atom stereocenters. The first kappa shape index (κ1) is 12.1. The lowest BCUT2D eigenvalue weighted by molar-refractivity contribution is -0.124. The molecule has 6 nitrogen and oxygen atoms in total. The van der Waals surface area contributed by atoms with E-state index in [0.717, 1.165) is 18.2 Å². The fraction of sp³-hybridized carbons (Fsp3) is 0.273. The monoisotopic (exact) mass is 284 g/mol. The highest BCUT2D eigenvalue weighted by molar-refractivity contribution is 7.91. The summed E-state index contributed by atoms with van der Waals surface area (Å²) >= 11 is 0. The molecule has 1 saturated heterocycles. The Balaban J connectivity index is 2.31. The molecule has 19 heavy (non-hydrogen) atoms. The standard InChI is InChI=1S/C11H9FN2O4S/c12-6-1-2-8-7(5-6)11(3-4-19(8,17)18)9(15)13-10(16)14-11/h1-2,5H,3-4H2,(H2,13,14,15,16)/t11-/m1/s1. The van der Waals surface area contributed by atoms with Crippen LogP contribution < -0.4 is 10.6 Å². The van der Waals surface area contributed by atoms with Crippen LogP contribution in [0, 0.1) is 5.82 Å². The summed E-state index contributed by atoms with van der Waals surface area (Å²) in [6.45, 7) is 0. The number of hydrogen-bond donors (Lipinski definition) is 2. The van der Waals surface area contributed by atoms with Crippen LogP contribution >= 0.6 is 0 Å². The molecule has 1 atom stereocenters. The van der Waals surface area contributed by atoms with Gasteiger partial charge in [-0.2, -0.15) is 0 Å². The molecule has 1 aromatic carbocycles. The molecular weight excluding hydrogens is 275 g/mol. The number of nitrogens with one attached hydrogen (secondary N) is 2. The Morgan fingerprint density at radius 3 is 2.63 bits per heavy atom. The third-order valence-corrected chi connectivity index (χ3v) is 5.19. The first-order valence-electron chi connectivity index (χ1n) is 5.51. The molecule has 1 spiro atoms. The SMILES string of the molecule is O=C1NC(=O)[C@]2(CCS(=O)(=O)c3ccc(F)cc32)N1. The zero-order valence-corrected chi connectivity index (χ0v) is 10.4. The Hall–Kier alpha value is -1.96. The highest BCUT2D eigenvalue weighted by atomic mass is 32.2. The average Bonchev–Trinajstić information content (AvgIpc) is 2.61. The maximum Gasteiger partial charge on any atom is 0.322 e. The number of sulfone groups is 1. The van der Waals surface area contributed by atoms with Gasteiger partial charge in [0.25, 0.3) is 5.91 Å². The molecule has 0 radical (unpaired) electrons. The molecule has 0 saturated carbocycles. The number of imide groups is 1. The topological polar surface area (TPSA) is 92.3 Å². The molecule has 0 aliphatic carbocycles. The Labute approximate surface area is 107 Å². The number of benzene rings is 1. The summed E-state index contributed by atoms with van der Waals surface area (Å²) in [6, 6.07) is 2.42. The quantitative estimate of drug-likeness (QED) is 0.519. The van der Waals surface area contributed by atoms with Crippen molar-refractivity contribution >= 4 is 21.8 Å². The van der Waals surface area contributed by atoms with E-state index in [1.165, 1.54) is 0 Å². The minimum absolute atomic E-state index is 0.0119. The van der Waals surface area contributed by atoms with Gasteiger partial charge in [-0.25, -0.2) is 17.6 Å². The van der Waals surface area contributed by atoms with E-state index in [4.69, 9.17) is 0 Å². The Bertz CT molecular complexity index is 715. The van der Waals surface area contributed by atoms with Crippen molar-refractivity contribution in [2.45, 2.75) is 16.9 Å². The summed E-state index contributed by atoms with van der Waals surface area (Å²) in [5.74, 6) is -1.59. The average molecular weight is 284 g/mol. The highest BCUT2D eigenvalue weighted by Gasteiger charge is 2.53. The van der Waals surface area contributed by atoms with Crippen molar-refractivity contribution < 1.29 is 22.4 Å². The molecule has 3 rings (SSSR count). The second-order valence-corrected chi connectivity index (χ2v) is 6.60. The first-order valence-corrected chi connectivity index (χ1v) is 7.17. The van der Waals surface area contributed by atoms with Gasteiger partial charge in [-0.1, -0.05) is 0 Å². The van der Waals surface area contributed by atoms with E-state index in [9.17, 15) is 22.4 Å². The van der Waals surface area contributed by atoms with Gasteiger partial charge in [0.1, 0.15) is 11.4 Å². The maximum atomic E-state index is 13.4. The molecule has 1 fully saturated rings. The van der Waals surface area contributed by atoms with E-state index in [2.05, 4.69) is 10.6 Å². The van der Waals surface area contributed by atoms with Crippen LogP contribution in [-0.2, 0) is 20.2 Å². The lowest BCUT2D eigenvalue weighted by Gasteiger charge is -2.32. The van der Waals surface area contributed by atoms with Gasteiger partial charge < -0.3 is 5.32 Å². The van der Waals surface area contributed by atoms with Crippen molar-refractivity contribution in [3.8, 4) is 0 Å². The van der Waals surface area contributed by atoms with Gasteiger partial charge in [-0.05, 0) is 24.6 Å². The van der Waals surface area contributed by atoms with E-state index < -0.39 is 33.1 Å². The van der Waals surface area contributed by atoms with Crippen molar-refractivity contribution in [1.29, 1.82) is 0 Å². The van der Waals surface area contributed by atoms with E-state index >= 15 is 0 Å². The number of amides is 3. The van der Waals surface area contributed by atoms with Crippen LogP contribution in [0.2, 0.25) is 0 Å². The fourth-order valence-corrected chi connectivity index (χ4v) is 4.13. The summed E-state index contributed by atoms with van der Waals surface area (Å²) in [5, 5.41) is 4.47. The molecule has 0 aromatic heterocycles. The molecule has 8 heteroatoms. The summed E-state index contributed by atoms with van der Waals surface area (Å²) < 4.78 is 37.3. The predicted octanol–water partition coefficient (Wildman–Crippen LogP) is 0.0378. The number of carbonyl (C=O) groups is 2. The third-order valence-electron chi connectivity index (χ3n) is 3.42. The van der Waals surface area contributed by atoms with E-state index in [-0.39, 0.29) is 22.6 Å². The number of urea groups is 1. The molecule has 2 heterocycles. The highest BCUT2D eigenvalue weighted by Crippen LogP contribution is 2.39. The second kappa shape index (κ2) is 3.53. The number of halogens is 1. The molecular formula is C11H9FN2O4S. The van der Waals surface area contributed by atoms with Gasteiger partial charge in [0, 0.05) is 5.56 Å². The van der Waals surface area contributed by atoms with Gasteiger partial charge in [0.2, 0.25) is 0 Å². The summed E-state index contributed by atoms with van der Waals surface area (Å²) in [6.07, 6.45) is -0.108. The number of carbonyl (C=O) groups excluding carboxylic acids is 2. The maximum absolute atomic E-state index is 13.4. The zero-order valence-electron chi connectivity index (χ0n) is 9.57. The van der Waals surface area contributed by atoms with Crippen molar-refractivity contribution in [3.63, 3.8) is 0 Å². The van der Waals surface area contributed by atoms with Crippen LogP contribution in [0.5, 0.6) is 0 Å². The van der Waals surface area contributed by atoms with Gasteiger partial charge in [-0.15, -0.1) is 0 Å². The van der Waals surface area contributed by atoms with Crippen molar-refractivity contribution in [3.05, 3.63) is 29.6 Å². The molecule has 100 valence electrons. The van der Waals surface area contributed by atoms with Crippen LogP contribution in [0.4, 0.5) is 9.18 Å². The minimum atomic E-state index is -3.56. The molecule has 2 N–H and O–H groups in total. The minimum Gasteiger partial charge on any atom is -0.319 e.